The Bertz CT molecular complexity index is 601. The van der Waals surface area contributed by atoms with Crippen LogP contribution >= 0.6 is 0 Å². The fourth-order valence-corrected chi connectivity index (χ4v) is 3.45. The molecule has 0 saturated carbocycles. The normalized spacial score (nSPS) is 27.1. The summed E-state index contributed by atoms with van der Waals surface area (Å²) in [6, 6.07) is 0. The van der Waals surface area contributed by atoms with Crippen molar-refractivity contribution in [3.05, 3.63) is 12.4 Å². The minimum absolute atomic E-state index is 0.00458. The zero-order valence-electron chi connectivity index (χ0n) is 14.9. The molecule has 1 aromatic rings. The topological polar surface area (TPSA) is 88.5 Å². The quantitative estimate of drug-likeness (QED) is 0.824. The standard InChI is InChI=1S/C17H27N5O3/c1-12-8-21(9-13(2)25-12)16(23)11-22-10-15(7-19-22)20-17(24)14-4-3-5-18-6-14/h7,10,12-14,18H,3-6,8-9,11H2,1-2H3,(H,20,24). The average Bonchev–Trinajstić information content (AvgIpc) is 3.01. The molecular formula is C17H27N5O3. The Morgan fingerprint density at radius 2 is 2.12 bits per heavy atom. The molecule has 0 spiro atoms. The predicted octanol–water partition coefficient (Wildman–Crippen LogP) is 0.457. The zero-order chi connectivity index (χ0) is 17.8. The van der Waals surface area contributed by atoms with E-state index in [1.165, 1.54) is 0 Å². The van der Waals surface area contributed by atoms with Crippen molar-refractivity contribution in [2.24, 2.45) is 5.92 Å². The first-order valence-electron chi connectivity index (χ1n) is 8.98. The van der Waals surface area contributed by atoms with Crippen molar-refractivity contribution < 1.29 is 14.3 Å². The summed E-state index contributed by atoms with van der Waals surface area (Å²) in [6.07, 6.45) is 5.31. The highest BCUT2D eigenvalue weighted by molar-refractivity contribution is 5.92. The monoisotopic (exact) mass is 349 g/mol. The van der Waals surface area contributed by atoms with Crippen LogP contribution in [0.4, 0.5) is 5.69 Å². The second-order valence-corrected chi connectivity index (χ2v) is 7.02. The van der Waals surface area contributed by atoms with Crippen LogP contribution in [0, 0.1) is 5.92 Å². The molecule has 3 unspecified atom stereocenters. The van der Waals surface area contributed by atoms with Crippen LogP contribution in [-0.4, -0.2) is 64.9 Å². The number of aromatic nitrogens is 2. The van der Waals surface area contributed by atoms with Crippen LogP contribution in [0.5, 0.6) is 0 Å². The minimum atomic E-state index is -0.00458. The third-order valence-electron chi connectivity index (χ3n) is 4.64. The molecule has 25 heavy (non-hydrogen) atoms. The van der Waals surface area contributed by atoms with E-state index < -0.39 is 0 Å². The van der Waals surface area contributed by atoms with Crippen LogP contribution < -0.4 is 10.6 Å². The van der Waals surface area contributed by atoms with E-state index in [0.29, 0.717) is 25.3 Å². The third kappa shape index (κ3) is 4.79. The summed E-state index contributed by atoms with van der Waals surface area (Å²) < 4.78 is 7.22. The summed E-state index contributed by atoms with van der Waals surface area (Å²) in [6.45, 7) is 7.00. The maximum absolute atomic E-state index is 12.5. The van der Waals surface area contributed by atoms with Crippen molar-refractivity contribution in [3.63, 3.8) is 0 Å². The lowest BCUT2D eigenvalue weighted by Crippen LogP contribution is -2.49. The number of nitrogens with one attached hydrogen (secondary N) is 2. The van der Waals surface area contributed by atoms with Crippen LogP contribution in [0.2, 0.25) is 0 Å². The highest BCUT2D eigenvalue weighted by atomic mass is 16.5. The Balaban J connectivity index is 1.52. The molecule has 1 aromatic heterocycles. The molecule has 0 radical (unpaired) electrons. The molecule has 138 valence electrons. The molecule has 3 rings (SSSR count). The van der Waals surface area contributed by atoms with Crippen LogP contribution in [0.3, 0.4) is 0 Å². The van der Waals surface area contributed by atoms with Gasteiger partial charge in [0.15, 0.2) is 0 Å². The van der Waals surface area contributed by atoms with Gasteiger partial charge in [0, 0.05) is 25.8 Å². The van der Waals surface area contributed by atoms with Crippen LogP contribution in [0.25, 0.3) is 0 Å². The van der Waals surface area contributed by atoms with Crippen molar-refractivity contribution in [2.45, 2.75) is 45.4 Å². The smallest absolute Gasteiger partial charge is 0.244 e. The predicted molar refractivity (Wildman–Crippen MR) is 93.0 cm³/mol. The maximum atomic E-state index is 12.5. The Morgan fingerprint density at radius 1 is 1.36 bits per heavy atom. The van der Waals surface area contributed by atoms with Gasteiger partial charge < -0.3 is 20.3 Å². The van der Waals surface area contributed by atoms with Gasteiger partial charge in [-0.2, -0.15) is 5.10 Å². The molecule has 2 aliphatic rings. The fraction of sp³-hybridized carbons (Fsp3) is 0.706. The number of amides is 2. The van der Waals surface area contributed by atoms with E-state index in [1.54, 1.807) is 17.1 Å². The number of ether oxygens (including phenoxy) is 1. The summed E-state index contributed by atoms with van der Waals surface area (Å²) in [5.41, 5.74) is 0.632. The molecule has 0 aromatic carbocycles. The molecule has 3 heterocycles. The van der Waals surface area contributed by atoms with Gasteiger partial charge in [-0.05, 0) is 33.2 Å². The summed E-state index contributed by atoms with van der Waals surface area (Å²) in [5, 5.41) is 10.3. The average molecular weight is 349 g/mol. The lowest BCUT2D eigenvalue weighted by Gasteiger charge is -2.35. The highest BCUT2D eigenvalue weighted by Gasteiger charge is 2.26. The van der Waals surface area contributed by atoms with E-state index in [1.807, 2.05) is 18.7 Å². The molecule has 2 aliphatic heterocycles. The molecule has 2 amide bonds. The third-order valence-corrected chi connectivity index (χ3v) is 4.64. The van der Waals surface area contributed by atoms with Crippen LogP contribution in [0.1, 0.15) is 26.7 Å². The molecule has 2 fully saturated rings. The number of nitrogens with zero attached hydrogens (tertiary/aromatic N) is 3. The van der Waals surface area contributed by atoms with Crippen LogP contribution in [-0.2, 0) is 20.9 Å². The van der Waals surface area contributed by atoms with E-state index in [2.05, 4.69) is 15.7 Å². The number of hydrogen-bond acceptors (Lipinski definition) is 5. The number of carbonyl (C=O) groups is 2. The molecule has 3 atom stereocenters. The highest BCUT2D eigenvalue weighted by Crippen LogP contribution is 2.15. The van der Waals surface area contributed by atoms with Gasteiger partial charge in [0.05, 0.1) is 30.0 Å². The largest absolute Gasteiger partial charge is 0.372 e. The number of anilines is 1. The van der Waals surface area contributed by atoms with Gasteiger partial charge >= 0.3 is 0 Å². The van der Waals surface area contributed by atoms with Crippen molar-refractivity contribution in [1.82, 2.24) is 20.0 Å². The van der Waals surface area contributed by atoms with Gasteiger partial charge in [-0.25, -0.2) is 0 Å². The second-order valence-electron chi connectivity index (χ2n) is 7.02. The van der Waals surface area contributed by atoms with E-state index in [-0.39, 0.29) is 36.5 Å². The number of morpholine rings is 1. The lowest BCUT2D eigenvalue weighted by molar-refractivity contribution is -0.144. The van der Waals surface area contributed by atoms with Crippen molar-refractivity contribution in [3.8, 4) is 0 Å². The Kier molecular flexibility index (Phi) is 5.70. The van der Waals surface area contributed by atoms with Crippen LogP contribution in [0.15, 0.2) is 12.4 Å². The molecule has 8 heteroatoms. The zero-order valence-corrected chi connectivity index (χ0v) is 14.9. The summed E-state index contributed by atoms with van der Waals surface area (Å²) in [5.74, 6) is 0.0171. The summed E-state index contributed by atoms with van der Waals surface area (Å²) in [4.78, 5) is 26.5. The van der Waals surface area contributed by atoms with E-state index in [9.17, 15) is 9.59 Å². The van der Waals surface area contributed by atoms with Crippen molar-refractivity contribution >= 4 is 17.5 Å². The SMILES string of the molecule is CC1CN(C(=O)Cn2cc(NC(=O)C3CCCNC3)cn2)CC(C)O1. The summed E-state index contributed by atoms with van der Waals surface area (Å²) in [7, 11) is 0. The Morgan fingerprint density at radius 3 is 2.80 bits per heavy atom. The second kappa shape index (κ2) is 7.97. The number of rotatable bonds is 4. The lowest BCUT2D eigenvalue weighted by atomic mass is 9.99. The Labute approximate surface area is 147 Å². The summed E-state index contributed by atoms with van der Waals surface area (Å²) >= 11 is 0. The Hall–Kier alpha value is -1.93. The maximum Gasteiger partial charge on any atom is 0.244 e. The molecular weight excluding hydrogens is 322 g/mol. The number of piperidine rings is 1. The van der Waals surface area contributed by atoms with E-state index >= 15 is 0 Å². The molecule has 0 bridgehead atoms. The van der Waals surface area contributed by atoms with Gasteiger partial charge in [-0.3, -0.25) is 14.3 Å². The first kappa shape index (κ1) is 17.9. The molecule has 8 nitrogen and oxygen atoms in total. The van der Waals surface area contributed by atoms with Crippen molar-refractivity contribution in [2.75, 3.05) is 31.5 Å². The van der Waals surface area contributed by atoms with Gasteiger partial charge in [0.25, 0.3) is 0 Å². The number of hydrogen-bond donors (Lipinski definition) is 2. The van der Waals surface area contributed by atoms with Crippen molar-refractivity contribution in [1.29, 1.82) is 0 Å². The van der Waals surface area contributed by atoms with Gasteiger partial charge in [0.1, 0.15) is 6.54 Å². The molecule has 2 N–H and O–H groups in total. The number of carbonyl (C=O) groups excluding carboxylic acids is 2. The minimum Gasteiger partial charge on any atom is -0.372 e. The molecule has 2 saturated heterocycles. The van der Waals surface area contributed by atoms with E-state index in [4.69, 9.17) is 4.74 Å². The van der Waals surface area contributed by atoms with Gasteiger partial charge in [0.2, 0.25) is 11.8 Å². The van der Waals surface area contributed by atoms with Gasteiger partial charge in [-0.1, -0.05) is 0 Å². The first-order valence-corrected chi connectivity index (χ1v) is 8.98. The molecule has 0 aliphatic carbocycles. The van der Waals surface area contributed by atoms with E-state index in [0.717, 1.165) is 19.4 Å². The fourth-order valence-electron chi connectivity index (χ4n) is 3.45. The first-order chi connectivity index (χ1) is 12.0. The van der Waals surface area contributed by atoms with Gasteiger partial charge in [-0.15, -0.1) is 0 Å².